The van der Waals surface area contributed by atoms with Crippen molar-refractivity contribution in [1.29, 1.82) is 0 Å². The largest absolute Gasteiger partial charge is 0.478 e. The van der Waals surface area contributed by atoms with E-state index in [0.717, 1.165) is 11.6 Å². The van der Waals surface area contributed by atoms with E-state index in [1.54, 1.807) is 30.3 Å². The summed E-state index contributed by atoms with van der Waals surface area (Å²) in [4.78, 5) is 22.6. The monoisotopic (exact) mass is 281 g/mol. The van der Waals surface area contributed by atoms with Gasteiger partial charge in [-0.1, -0.05) is 29.8 Å². The molecule has 0 aliphatic carbocycles. The third-order valence-electron chi connectivity index (χ3n) is 2.84. The van der Waals surface area contributed by atoms with Crippen LogP contribution in [0.4, 0.5) is 5.69 Å². The Morgan fingerprint density at radius 3 is 2.57 bits per heavy atom. The third-order valence-corrected chi connectivity index (χ3v) is 2.84. The van der Waals surface area contributed by atoms with E-state index < -0.39 is 5.97 Å². The Morgan fingerprint density at radius 1 is 1.10 bits per heavy atom. The fraction of sp³-hybridized carbons (Fsp3) is 0.0588. The molecule has 0 saturated heterocycles. The molecule has 0 unspecified atom stereocenters. The minimum absolute atomic E-state index is 0.196. The zero-order chi connectivity index (χ0) is 15.2. The van der Waals surface area contributed by atoms with E-state index in [0.29, 0.717) is 16.8 Å². The lowest BCUT2D eigenvalue weighted by Crippen LogP contribution is -2.11. The molecule has 21 heavy (non-hydrogen) atoms. The molecule has 106 valence electrons. The van der Waals surface area contributed by atoms with Gasteiger partial charge < -0.3 is 10.4 Å². The predicted molar refractivity (Wildman–Crippen MR) is 82.2 cm³/mol. The lowest BCUT2D eigenvalue weighted by atomic mass is 10.1. The first kappa shape index (κ1) is 14.5. The summed E-state index contributed by atoms with van der Waals surface area (Å²) in [6.07, 6.45) is 2.53. The lowest BCUT2D eigenvalue weighted by Gasteiger charge is -2.06. The number of carboxylic acids is 1. The summed E-state index contributed by atoms with van der Waals surface area (Å²) < 4.78 is 0. The van der Waals surface area contributed by atoms with Crippen LogP contribution in [0.25, 0.3) is 6.08 Å². The molecule has 0 bridgehead atoms. The van der Waals surface area contributed by atoms with Crippen LogP contribution in [0.3, 0.4) is 0 Å². The second-order valence-corrected chi connectivity index (χ2v) is 4.62. The van der Waals surface area contributed by atoms with E-state index in [1.165, 1.54) is 6.08 Å². The van der Waals surface area contributed by atoms with Crippen LogP contribution >= 0.6 is 0 Å². The maximum Gasteiger partial charge on any atom is 0.328 e. The lowest BCUT2D eigenvalue weighted by molar-refractivity contribution is -0.131. The summed E-state index contributed by atoms with van der Waals surface area (Å²) in [7, 11) is 0. The Balaban J connectivity index is 2.14. The molecule has 2 N–H and O–H groups in total. The molecule has 4 heteroatoms. The molecule has 0 atom stereocenters. The van der Waals surface area contributed by atoms with Gasteiger partial charge in [0.25, 0.3) is 5.91 Å². The first-order chi connectivity index (χ1) is 10.0. The molecule has 2 aromatic rings. The molecule has 1 amide bonds. The number of rotatable bonds is 4. The second-order valence-electron chi connectivity index (χ2n) is 4.62. The number of aryl methyl sites for hydroxylation is 1. The Labute approximate surface area is 122 Å². The number of benzene rings is 2. The van der Waals surface area contributed by atoms with Gasteiger partial charge in [0.2, 0.25) is 0 Å². The molecule has 2 rings (SSSR count). The highest BCUT2D eigenvalue weighted by Gasteiger charge is 2.06. The van der Waals surface area contributed by atoms with E-state index in [-0.39, 0.29) is 5.91 Å². The Kier molecular flexibility index (Phi) is 4.51. The van der Waals surface area contributed by atoms with Gasteiger partial charge in [-0.3, -0.25) is 4.79 Å². The molecule has 0 aliphatic heterocycles. The molecule has 0 aliphatic rings. The van der Waals surface area contributed by atoms with Crippen molar-refractivity contribution in [2.45, 2.75) is 6.92 Å². The quantitative estimate of drug-likeness (QED) is 0.845. The minimum atomic E-state index is -1.01. The number of carboxylic acid groups (broad SMARTS) is 1. The van der Waals surface area contributed by atoms with Gasteiger partial charge in [-0.05, 0) is 42.8 Å². The standard InChI is InChI=1S/C17H15NO3/c1-12-4-2-6-14(10-12)17(21)18-15-7-3-5-13(11-15)8-9-16(19)20/h2-11H,1H3,(H,18,21)(H,19,20). The number of carbonyl (C=O) groups excluding carboxylic acids is 1. The first-order valence-electron chi connectivity index (χ1n) is 6.44. The van der Waals surface area contributed by atoms with Gasteiger partial charge in [-0.2, -0.15) is 0 Å². The summed E-state index contributed by atoms with van der Waals surface area (Å²) >= 11 is 0. The van der Waals surface area contributed by atoms with Crippen LogP contribution in [-0.4, -0.2) is 17.0 Å². The molecule has 0 aromatic heterocycles. The molecule has 0 spiro atoms. The van der Waals surface area contributed by atoms with Crippen LogP contribution in [0.1, 0.15) is 21.5 Å². The average molecular weight is 281 g/mol. The number of hydrogen-bond acceptors (Lipinski definition) is 2. The zero-order valence-corrected chi connectivity index (χ0v) is 11.5. The summed E-state index contributed by atoms with van der Waals surface area (Å²) in [5.74, 6) is -1.21. The summed E-state index contributed by atoms with van der Waals surface area (Å²) in [5.41, 5.74) is 2.93. The van der Waals surface area contributed by atoms with Crippen LogP contribution in [0.2, 0.25) is 0 Å². The van der Waals surface area contributed by atoms with E-state index in [4.69, 9.17) is 5.11 Å². The van der Waals surface area contributed by atoms with Gasteiger partial charge in [0, 0.05) is 17.3 Å². The normalized spacial score (nSPS) is 10.5. The number of carbonyl (C=O) groups is 2. The van der Waals surface area contributed by atoms with E-state index in [1.807, 2.05) is 25.1 Å². The van der Waals surface area contributed by atoms with Gasteiger partial charge in [0.1, 0.15) is 0 Å². The van der Waals surface area contributed by atoms with Crippen LogP contribution in [-0.2, 0) is 4.79 Å². The minimum Gasteiger partial charge on any atom is -0.478 e. The maximum atomic E-state index is 12.1. The number of nitrogens with one attached hydrogen (secondary N) is 1. The maximum absolute atomic E-state index is 12.1. The van der Waals surface area contributed by atoms with E-state index in [2.05, 4.69) is 5.32 Å². The molecule has 0 radical (unpaired) electrons. The number of amides is 1. The van der Waals surface area contributed by atoms with Crippen molar-refractivity contribution in [3.8, 4) is 0 Å². The van der Waals surface area contributed by atoms with Crippen molar-refractivity contribution >= 4 is 23.6 Å². The highest BCUT2D eigenvalue weighted by Crippen LogP contribution is 2.14. The SMILES string of the molecule is Cc1cccc(C(=O)Nc2cccc(C=CC(=O)O)c2)c1. The van der Waals surface area contributed by atoms with Gasteiger partial charge in [0.15, 0.2) is 0 Å². The second kappa shape index (κ2) is 6.52. The fourth-order valence-electron chi connectivity index (χ4n) is 1.88. The van der Waals surface area contributed by atoms with Crippen molar-refractivity contribution in [2.24, 2.45) is 0 Å². The summed E-state index contributed by atoms with van der Waals surface area (Å²) in [6.45, 7) is 1.92. The van der Waals surface area contributed by atoms with Gasteiger partial charge in [0.05, 0.1) is 0 Å². The number of hydrogen-bond donors (Lipinski definition) is 2. The molecular formula is C17H15NO3. The third kappa shape index (κ3) is 4.31. The molecule has 0 heterocycles. The van der Waals surface area contributed by atoms with E-state index >= 15 is 0 Å². The van der Waals surface area contributed by atoms with Crippen LogP contribution in [0, 0.1) is 6.92 Å². The topological polar surface area (TPSA) is 66.4 Å². The highest BCUT2D eigenvalue weighted by atomic mass is 16.4. The molecule has 2 aromatic carbocycles. The Hall–Kier alpha value is -2.88. The van der Waals surface area contributed by atoms with Crippen molar-refractivity contribution in [3.05, 3.63) is 71.3 Å². The molecular weight excluding hydrogens is 266 g/mol. The zero-order valence-electron chi connectivity index (χ0n) is 11.5. The Bertz CT molecular complexity index is 705. The first-order valence-corrected chi connectivity index (χ1v) is 6.44. The molecule has 4 nitrogen and oxygen atoms in total. The van der Waals surface area contributed by atoms with Crippen molar-refractivity contribution in [3.63, 3.8) is 0 Å². The fourth-order valence-corrected chi connectivity index (χ4v) is 1.88. The van der Waals surface area contributed by atoms with Gasteiger partial charge in [-0.25, -0.2) is 4.79 Å². The molecule has 0 saturated carbocycles. The van der Waals surface area contributed by atoms with Crippen LogP contribution < -0.4 is 5.32 Å². The van der Waals surface area contributed by atoms with Crippen molar-refractivity contribution < 1.29 is 14.7 Å². The van der Waals surface area contributed by atoms with Gasteiger partial charge >= 0.3 is 5.97 Å². The smallest absolute Gasteiger partial charge is 0.328 e. The number of aliphatic carboxylic acids is 1. The summed E-state index contributed by atoms with van der Waals surface area (Å²) in [6, 6.07) is 14.3. The number of anilines is 1. The van der Waals surface area contributed by atoms with E-state index in [9.17, 15) is 9.59 Å². The van der Waals surface area contributed by atoms with Crippen LogP contribution in [0.15, 0.2) is 54.6 Å². The van der Waals surface area contributed by atoms with Crippen molar-refractivity contribution in [1.82, 2.24) is 0 Å². The Morgan fingerprint density at radius 2 is 1.86 bits per heavy atom. The molecule has 0 fully saturated rings. The van der Waals surface area contributed by atoms with Gasteiger partial charge in [-0.15, -0.1) is 0 Å². The predicted octanol–water partition coefficient (Wildman–Crippen LogP) is 3.35. The van der Waals surface area contributed by atoms with Crippen LogP contribution in [0.5, 0.6) is 0 Å². The summed E-state index contributed by atoms with van der Waals surface area (Å²) in [5, 5.41) is 11.4. The average Bonchev–Trinajstić information content (AvgIpc) is 2.45. The highest BCUT2D eigenvalue weighted by molar-refractivity contribution is 6.04. The van der Waals surface area contributed by atoms with Crippen molar-refractivity contribution in [2.75, 3.05) is 5.32 Å².